The number of rotatable bonds is 2. The summed E-state index contributed by atoms with van der Waals surface area (Å²) in [6.45, 7) is 0. The van der Waals surface area contributed by atoms with Crippen LogP contribution in [0.2, 0.25) is 0 Å². The molecule has 0 fully saturated rings. The first-order valence-electron chi connectivity index (χ1n) is 10.3. The molecule has 1 heterocycles. The molecule has 8 rings (SSSR count). The van der Waals surface area contributed by atoms with Crippen LogP contribution in [0.1, 0.15) is 40.2 Å². The number of allylic oxidation sites excluding steroid dienone is 1. The third-order valence-corrected chi connectivity index (χ3v) is 6.83. The predicted molar refractivity (Wildman–Crippen MR) is 110 cm³/mol. The zero-order chi connectivity index (χ0) is 20.9. The second-order valence-corrected chi connectivity index (χ2v) is 8.29. The number of methoxy groups -OCH3 is 1. The van der Waals surface area contributed by atoms with Crippen LogP contribution in [-0.4, -0.2) is 29.6 Å². The van der Waals surface area contributed by atoms with Gasteiger partial charge in [-0.2, -0.15) is 0 Å². The number of benzene rings is 2. The standard InChI is InChI=1S/C24H23NO5/c1-29-20-4-2-3-19-21-17-11-9-15-5-7-16(8-6-15)10-12-18(14-13-17)22(21)30-23(26)24(19,20)25(27)28/h2,4-8,13-14,19-20H,3,9-12H2,1H3/t19-,20-,24-/m0/s1. The van der Waals surface area contributed by atoms with E-state index in [2.05, 4.69) is 30.3 Å². The van der Waals surface area contributed by atoms with E-state index < -0.39 is 28.5 Å². The van der Waals surface area contributed by atoms with Crippen molar-refractivity contribution in [2.75, 3.05) is 7.11 Å². The first-order chi connectivity index (χ1) is 14.6. The summed E-state index contributed by atoms with van der Waals surface area (Å²) in [5.74, 6) is -0.910. The quantitative estimate of drug-likeness (QED) is 0.251. The van der Waals surface area contributed by atoms with Crippen molar-refractivity contribution in [1.29, 1.82) is 0 Å². The van der Waals surface area contributed by atoms with E-state index in [1.807, 2.05) is 12.1 Å². The summed E-state index contributed by atoms with van der Waals surface area (Å²) >= 11 is 0. The van der Waals surface area contributed by atoms with Crippen LogP contribution in [0.25, 0.3) is 0 Å². The average molecular weight is 405 g/mol. The molecular formula is C24H23NO5. The Morgan fingerprint density at radius 3 is 2.30 bits per heavy atom. The number of hydrogen-bond donors (Lipinski definition) is 0. The molecule has 3 atom stereocenters. The Labute approximate surface area is 174 Å². The number of fused-ring (bicyclic) bond motifs is 1. The topological polar surface area (TPSA) is 78.7 Å². The molecule has 0 saturated heterocycles. The minimum absolute atomic E-state index is 0.410. The molecule has 2 aromatic carbocycles. The van der Waals surface area contributed by atoms with E-state index in [1.165, 1.54) is 18.2 Å². The Balaban J connectivity index is 1.71. The lowest BCUT2D eigenvalue weighted by molar-refractivity contribution is -0.571. The normalized spacial score (nSPS) is 26.9. The van der Waals surface area contributed by atoms with Gasteiger partial charge >= 0.3 is 11.5 Å². The van der Waals surface area contributed by atoms with Crippen molar-refractivity contribution in [2.45, 2.75) is 49.7 Å². The van der Waals surface area contributed by atoms with Crippen LogP contribution < -0.4 is 4.74 Å². The lowest BCUT2D eigenvalue weighted by atomic mass is 9.67. The number of ether oxygens (including phenoxy) is 2. The molecule has 0 radical (unpaired) electrons. The van der Waals surface area contributed by atoms with Gasteiger partial charge in [0.05, 0.1) is 5.92 Å². The van der Waals surface area contributed by atoms with Crippen LogP contribution in [0.5, 0.6) is 5.75 Å². The average Bonchev–Trinajstić information content (AvgIpc) is 2.75. The summed E-state index contributed by atoms with van der Waals surface area (Å²) in [5.41, 5.74) is 3.23. The van der Waals surface area contributed by atoms with Crippen LogP contribution in [0.4, 0.5) is 0 Å². The van der Waals surface area contributed by atoms with Gasteiger partial charge < -0.3 is 9.47 Å². The summed E-state index contributed by atoms with van der Waals surface area (Å²) in [4.78, 5) is 25.1. The maximum Gasteiger partial charge on any atom is 0.394 e. The van der Waals surface area contributed by atoms with Crippen LogP contribution in [-0.2, 0) is 35.2 Å². The molecule has 2 aromatic rings. The maximum atomic E-state index is 13.2. The van der Waals surface area contributed by atoms with Crippen molar-refractivity contribution in [2.24, 2.45) is 0 Å². The first-order valence-corrected chi connectivity index (χ1v) is 10.3. The highest BCUT2D eigenvalue weighted by Gasteiger charge is 2.68. The number of carbonyl (C=O) groups is 1. The van der Waals surface area contributed by atoms with E-state index in [0.29, 0.717) is 18.6 Å². The molecule has 0 N–H and O–H groups in total. The van der Waals surface area contributed by atoms with Crippen molar-refractivity contribution in [3.8, 4) is 5.75 Å². The van der Waals surface area contributed by atoms with E-state index in [0.717, 1.165) is 36.0 Å². The largest absolute Gasteiger partial charge is 0.421 e. The Morgan fingerprint density at radius 2 is 1.67 bits per heavy atom. The van der Waals surface area contributed by atoms with Gasteiger partial charge in [-0.3, -0.25) is 10.1 Å². The summed E-state index contributed by atoms with van der Waals surface area (Å²) in [7, 11) is 1.40. The number of aryl methyl sites for hydroxylation is 4. The molecule has 6 nitrogen and oxygen atoms in total. The van der Waals surface area contributed by atoms with E-state index in [4.69, 9.17) is 9.47 Å². The molecule has 154 valence electrons. The molecule has 0 saturated carbocycles. The van der Waals surface area contributed by atoms with Gasteiger partial charge in [-0.15, -0.1) is 0 Å². The zero-order valence-electron chi connectivity index (χ0n) is 16.8. The Hall–Kier alpha value is -2.99. The molecule has 6 aliphatic rings. The summed E-state index contributed by atoms with van der Waals surface area (Å²) in [6, 6.07) is 12.7. The lowest BCUT2D eigenvalue weighted by Crippen LogP contribution is -2.64. The second kappa shape index (κ2) is 7.06. The highest BCUT2D eigenvalue weighted by Crippen LogP contribution is 2.51. The second-order valence-electron chi connectivity index (χ2n) is 8.29. The van der Waals surface area contributed by atoms with Gasteiger partial charge in [-0.05, 0) is 54.4 Å². The first kappa shape index (κ1) is 19.0. The van der Waals surface area contributed by atoms with Crippen molar-refractivity contribution in [1.82, 2.24) is 0 Å². The minimum atomic E-state index is -1.96. The van der Waals surface area contributed by atoms with Crippen molar-refractivity contribution >= 4 is 5.97 Å². The maximum absolute atomic E-state index is 13.2. The van der Waals surface area contributed by atoms with Crippen LogP contribution in [0, 0.1) is 10.1 Å². The van der Waals surface area contributed by atoms with E-state index >= 15 is 0 Å². The highest BCUT2D eigenvalue weighted by molar-refractivity contribution is 5.88. The highest BCUT2D eigenvalue weighted by atomic mass is 16.6. The number of nitrogens with zero attached hydrogens (tertiary/aromatic N) is 1. The SMILES string of the molecule is CO[C@H]1C=CC[C@H]2c3c4ccc(c3OC(=O)[C@@]12[N+](=O)[O-])CCc1ccc(cc1)CC4. The molecule has 30 heavy (non-hydrogen) atoms. The fourth-order valence-electron chi connectivity index (χ4n) is 5.23. The third kappa shape index (κ3) is 2.63. The van der Waals surface area contributed by atoms with Crippen molar-refractivity contribution < 1.29 is 19.2 Å². The molecule has 0 unspecified atom stereocenters. The fraction of sp³-hybridized carbons (Fsp3) is 0.375. The minimum Gasteiger partial charge on any atom is -0.421 e. The van der Waals surface area contributed by atoms with Gasteiger partial charge in [-0.25, -0.2) is 4.79 Å². The van der Waals surface area contributed by atoms with Crippen molar-refractivity contribution in [3.63, 3.8) is 0 Å². The van der Waals surface area contributed by atoms with Crippen LogP contribution in [0.15, 0.2) is 48.6 Å². The smallest absolute Gasteiger partial charge is 0.394 e. The number of carbonyl (C=O) groups excluding carboxylic acids is 1. The summed E-state index contributed by atoms with van der Waals surface area (Å²) in [6.07, 6.45) is 6.02. The van der Waals surface area contributed by atoms with Gasteiger partial charge in [0, 0.05) is 17.6 Å². The molecule has 5 aliphatic carbocycles. The monoisotopic (exact) mass is 405 g/mol. The van der Waals surface area contributed by atoms with E-state index in [1.54, 1.807) is 6.08 Å². The molecule has 6 heteroatoms. The van der Waals surface area contributed by atoms with Gasteiger partial charge in [0.25, 0.3) is 0 Å². The molecular weight excluding hydrogens is 382 g/mol. The zero-order valence-corrected chi connectivity index (χ0v) is 16.8. The number of esters is 1. The lowest BCUT2D eigenvalue weighted by Gasteiger charge is -2.41. The van der Waals surface area contributed by atoms with Gasteiger partial charge in [0.1, 0.15) is 5.75 Å². The molecule has 0 aromatic heterocycles. The Bertz CT molecular complexity index is 1060. The predicted octanol–water partition coefficient (Wildman–Crippen LogP) is 3.56. The summed E-state index contributed by atoms with van der Waals surface area (Å²) in [5, 5.41) is 12.4. The Morgan fingerprint density at radius 1 is 1.03 bits per heavy atom. The molecule has 4 bridgehead atoms. The van der Waals surface area contributed by atoms with Gasteiger partial charge in [0.15, 0.2) is 6.10 Å². The van der Waals surface area contributed by atoms with E-state index in [9.17, 15) is 14.9 Å². The van der Waals surface area contributed by atoms with Gasteiger partial charge in [-0.1, -0.05) is 48.6 Å². The molecule has 0 amide bonds. The van der Waals surface area contributed by atoms with Crippen molar-refractivity contribution in [3.05, 3.63) is 86.5 Å². The number of hydrogen-bond acceptors (Lipinski definition) is 5. The van der Waals surface area contributed by atoms with E-state index in [-0.39, 0.29) is 0 Å². The van der Waals surface area contributed by atoms with Crippen LogP contribution in [0.3, 0.4) is 0 Å². The van der Waals surface area contributed by atoms with Crippen LogP contribution >= 0.6 is 0 Å². The summed E-state index contributed by atoms with van der Waals surface area (Å²) < 4.78 is 11.2. The fourth-order valence-corrected chi connectivity index (χ4v) is 5.23. The molecule has 0 spiro atoms. The molecule has 1 aliphatic heterocycles. The van der Waals surface area contributed by atoms with Gasteiger partial charge in [0.2, 0.25) is 0 Å². The number of nitro groups is 1. The third-order valence-electron chi connectivity index (χ3n) is 6.83. The Kier molecular flexibility index (Phi) is 4.47.